The van der Waals surface area contributed by atoms with E-state index in [1.807, 2.05) is 20.8 Å². The summed E-state index contributed by atoms with van der Waals surface area (Å²) < 4.78 is 131. The maximum atomic E-state index is 13.5. The van der Waals surface area contributed by atoms with Crippen molar-refractivity contribution < 1.29 is 63.9 Å². The molecule has 3 N–H and O–H groups in total. The van der Waals surface area contributed by atoms with Crippen LogP contribution in [0.1, 0.15) is 80.8 Å². The average molecular weight is 988 g/mol. The highest BCUT2D eigenvalue weighted by atomic mass is 19.4. The van der Waals surface area contributed by atoms with E-state index in [0.717, 1.165) is 30.2 Å². The van der Waals surface area contributed by atoms with Crippen molar-refractivity contribution in [3.05, 3.63) is 163 Å². The molecule has 0 saturated carbocycles. The lowest BCUT2D eigenvalue weighted by Crippen LogP contribution is -2.09. The number of nitro benzene ring substituents is 2. The molecule has 0 aliphatic carbocycles. The molecular formula is C51H50F9N3O7. The topological polar surface area (TPSA) is 151 Å². The second-order valence-electron chi connectivity index (χ2n) is 15.5. The number of anilines is 1. The van der Waals surface area contributed by atoms with Crippen LogP contribution in [0.3, 0.4) is 0 Å². The predicted molar refractivity (Wildman–Crippen MR) is 250 cm³/mol. The third kappa shape index (κ3) is 14.4. The van der Waals surface area contributed by atoms with E-state index in [0.29, 0.717) is 72.9 Å². The van der Waals surface area contributed by atoms with Crippen molar-refractivity contribution in [2.45, 2.75) is 85.3 Å². The SMILES string of the molecule is CCCOc1ccc(-c2ccc(N)cc2CC)c(C(F)(F)F)c1.CCCOc1ccc(-c2ccc([N+](=O)[O-])cc2CC)c(C(F)(F)F)c1.CCc1cc([N+](=O)[O-])ccc1-c1ccc(O)cc1C(F)(F)F. The molecule has 0 saturated heterocycles. The zero-order valence-corrected chi connectivity index (χ0v) is 38.6. The lowest BCUT2D eigenvalue weighted by molar-refractivity contribution is -0.385. The number of aryl methyl sites for hydroxylation is 3. The maximum absolute atomic E-state index is 13.5. The summed E-state index contributed by atoms with van der Waals surface area (Å²) in [4.78, 5) is 20.5. The summed E-state index contributed by atoms with van der Waals surface area (Å²) in [6, 6.07) is 23.5. The van der Waals surface area contributed by atoms with E-state index in [1.165, 1.54) is 60.7 Å². The van der Waals surface area contributed by atoms with Gasteiger partial charge >= 0.3 is 18.5 Å². The molecule has 0 atom stereocenters. The molecule has 0 bridgehead atoms. The first-order valence-electron chi connectivity index (χ1n) is 21.9. The molecule has 0 unspecified atom stereocenters. The normalized spacial score (nSPS) is 11.5. The van der Waals surface area contributed by atoms with Crippen LogP contribution < -0.4 is 15.2 Å². The van der Waals surface area contributed by atoms with E-state index in [1.54, 1.807) is 38.1 Å². The summed E-state index contributed by atoms with van der Waals surface area (Å²) >= 11 is 0. The number of alkyl halides is 9. The van der Waals surface area contributed by atoms with Gasteiger partial charge in [0.25, 0.3) is 11.4 Å². The van der Waals surface area contributed by atoms with Crippen molar-refractivity contribution in [2.75, 3.05) is 18.9 Å². The van der Waals surface area contributed by atoms with Crippen LogP contribution in [0.15, 0.2) is 109 Å². The molecule has 0 radical (unpaired) electrons. The second kappa shape index (κ2) is 23.8. The minimum atomic E-state index is -4.64. The Morgan fingerprint density at radius 1 is 0.471 bits per heavy atom. The molecule has 374 valence electrons. The van der Waals surface area contributed by atoms with Gasteiger partial charge in [0, 0.05) is 30.0 Å². The Kier molecular flexibility index (Phi) is 18.8. The molecule has 0 fully saturated rings. The quantitative estimate of drug-likeness (QED) is 0.0474. The van der Waals surface area contributed by atoms with Gasteiger partial charge in [0.2, 0.25) is 0 Å². The third-order valence-corrected chi connectivity index (χ3v) is 10.6. The number of nitrogens with two attached hydrogens (primary N) is 1. The lowest BCUT2D eigenvalue weighted by atomic mass is 9.93. The lowest BCUT2D eigenvalue weighted by Gasteiger charge is -2.17. The Morgan fingerprint density at radius 2 is 0.800 bits per heavy atom. The van der Waals surface area contributed by atoms with Crippen LogP contribution in [0.5, 0.6) is 17.2 Å². The van der Waals surface area contributed by atoms with Crippen LogP contribution in [0.2, 0.25) is 0 Å². The van der Waals surface area contributed by atoms with Gasteiger partial charge in [-0.2, -0.15) is 39.5 Å². The summed E-state index contributed by atoms with van der Waals surface area (Å²) in [6.07, 6.45) is -10.9. The molecule has 6 aromatic carbocycles. The summed E-state index contributed by atoms with van der Waals surface area (Å²) in [6.45, 7) is 9.83. The van der Waals surface area contributed by atoms with E-state index in [2.05, 4.69) is 0 Å². The predicted octanol–water partition coefficient (Wildman–Crippen LogP) is 15.5. The molecule has 70 heavy (non-hydrogen) atoms. The van der Waals surface area contributed by atoms with E-state index in [9.17, 15) is 64.8 Å². The number of ether oxygens (including phenoxy) is 2. The van der Waals surface area contributed by atoms with E-state index >= 15 is 0 Å². The molecule has 0 aliphatic heterocycles. The average Bonchev–Trinajstić information content (AvgIpc) is 3.31. The van der Waals surface area contributed by atoms with Gasteiger partial charge in [-0.1, -0.05) is 58.9 Å². The summed E-state index contributed by atoms with van der Waals surface area (Å²) in [7, 11) is 0. The number of hydrogen-bond donors (Lipinski definition) is 2. The monoisotopic (exact) mass is 987 g/mol. The summed E-state index contributed by atoms with van der Waals surface area (Å²) in [5, 5.41) is 31.0. The zero-order valence-electron chi connectivity index (χ0n) is 38.6. The van der Waals surface area contributed by atoms with Crippen molar-refractivity contribution in [1.29, 1.82) is 0 Å². The van der Waals surface area contributed by atoms with Crippen LogP contribution in [0.4, 0.5) is 56.6 Å². The molecule has 6 aromatic rings. The number of hydrogen-bond acceptors (Lipinski definition) is 8. The van der Waals surface area contributed by atoms with Gasteiger partial charge in [0.1, 0.15) is 17.2 Å². The number of halogens is 9. The number of nitro groups is 2. The Balaban J connectivity index is 0.000000229. The third-order valence-electron chi connectivity index (χ3n) is 10.6. The van der Waals surface area contributed by atoms with Crippen LogP contribution >= 0.6 is 0 Å². The van der Waals surface area contributed by atoms with E-state index in [4.69, 9.17) is 15.2 Å². The molecule has 0 heterocycles. The standard InChI is InChI=1S/C18H18F3NO3.C18H20F3NO.C15H12F3NO3/c1-3-9-25-14-6-8-16(17(11-14)18(19,20)21)15-7-5-13(22(23)24)10-12(15)4-2;1-3-9-23-14-6-8-16(17(11-14)18(19,20)21)15-7-5-13(22)10-12(15)4-2;1-2-9-7-10(19(21)22)3-5-12(9)13-6-4-11(20)8-14(13)15(16,17)18/h5-8,10-11H,3-4,9H2,1-2H3;5-8,10-11H,3-4,9,22H2,1-2H3;3-8,20H,2H2,1H3. The first-order valence-corrected chi connectivity index (χ1v) is 21.9. The highest BCUT2D eigenvalue weighted by Gasteiger charge is 2.37. The van der Waals surface area contributed by atoms with Gasteiger partial charge in [-0.25, -0.2) is 0 Å². The Labute approximate surface area is 397 Å². The molecule has 0 spiro atoms. The molecule has 0 aliphatic rings. The fraction of sp³-hybridized carbons (Fsp3) is 0.294. The van der Waals surface area contributed by atoms with E-state index < -0.39 is 50.8 Å². The molecule has 10 nitrogen and oxygen atoms in total. The van der Waals surface area contributed by atoms with Gasteiger partial charge in [-0.05, 0) is 143 Å². The Bertz CT molecular complexity index is 2770. The summed E-state index contributed by atoms with van der Waals surface area (Å²) in [5.74, 6) is -0.106. The minimum Gasteiger partial charge on any atom is -0.508 e. The minimum absolute atomic E-state index is 0.0110. The van der Waals surface area contributed by atoms with Crippen LogP contribution in [0.25, 0.3) is 33.4 Å². The van der Waals surface area contributed by atoms with Crippen LogP contribution in [-0.4, -0.2) is 28.2 Å². The van der Waals surface area contributed by atoms with Crippen molar-refractivity contribution in [1.82, 2.24) is 0 Å². The van der Waals surface area contributed by atoms with Crippen LogP contribution in [0, 0.1) is 20.2 Å². The van der Waals surface area contributed by atoms with Crippen molar-refractivity contribution in [2.24, 2.45) is 0 Å². The Morgan fingerprint density at radius 3 is 1.14 bits per heavy atom. The first-order chi connectivity index (χ1) is 32.9. The number of phenols is 1. The van der Waals surface area contributed by atoms with Gasteiger partial charge in [0.05, 0.1) is 39.8 Å². The van der Waals surface area contributed by atoms with Crippen molar-refractivity contribution >= 4 is 17.1 Å². The molecule has 6 rings (SSSR count). The molecule has 0 aromatic heterocycles. The fourth-order valence-corrected chi connectivity index (χ4v) is 7.27. The number of benzene rings is 6. The smallest absolute Gasteiger partial charge is 0.417 e. The number of nitrogens with zero attached hydrogens (tertiary/aromatic N) is 2. The highest BCUT2D eigenvalue weighted by Crippen LogP contribution is 2.44. The Hall–Kier alpha value is -7.31. The van der Waals surface area contributed by atoms with Crippen molar-refractivity contribution in [3.63, 3.8) is 0 Å². The molecule has 19 heteroatoms. The zero-order chi connectivity index (χ0) is 52.1. The van der Waals surface area contributed by atoms with Gasteiger partial charge in [-0.3, -0.25) is 20.2 Å². The first kappa shape index (κ1) is 55.3. The highest BCUT2D eigenvalue weighted by molar-refractivity contribution is 5.76. The molecule has 0 amide bonds. The van der Waals surface area contributed by atoms with Gasteiger partial charge < -0.3 is 20.3 Å². The number of aromatic hydroxyl groups is 1. The number of non-ortho nitro benzene ring substituents is 2. The number of rotatable bonds is 14. The molecular weight excluding hydrogens is 938 g/mol. The maximum Gasteiger partial charge on any atom is 0.417 e. The van der Waals surface area contributed by atoms with Gasteiger partial charge in [0.15, 0.2) is 0 Å². The van der Waals surface area contributed by atoms with Crippen molar-refractivity contribution in [3.8, 4) is 50.6 Å². The second-order valence-corrected chi connectivity index (χ2v) is 15.5. The number of phenolic OH excluding ortho intramolecular Hbond substituents is 1. The van der Waals surface area contributed by atoms with Gasteiger partial charge in [-0.15, -0.1) is 0 Å². The summed E-state index contributed by atoms with van der Waals surface area (Å²) in [5.41, 5.74) is 6.38. The largest absolute Gasteiger partial charge is 0.508 e. The van der Waals surface area contributed by atoms with Crippen LogP contribution in [-0.2, 0) is 37.8 Å². The number of nitrogen functional groups attached to an aromatic ring is 1. The fourth-order valence-electron chi connectivity index (χ4n) is 7.27. The van der Waals surface area contributed by atoms with E-state index in [-0.39, 0.29) is 45.1 Å².